The first-order chi connectivity index (χ1) is 14.7. The number of nitrogens with one attached hydrogen (secondary N) is 1. The van der Waals surface area contributed by atoms with Crippen molar-refractivity contribution in [2.75, 3.05) is 0 Å². The summed E-state index contributed by atoms with van der Waals surface area (Å²) in [5.41, 5.74) is 4.62. The van der Waals surface area contributed by atoms with E-state index in [1.807, 2.05) is 37.5 Å². The summed E-state index contributed by atoms with van der Waals surface area (Å²) in [6.07, 6.45) is 6.95. The molecule has 0 radical (unpaired) electrons. The number of aryl methyl sites for hydroxylation is 1. The van der Waals surface area contributed by atoms with Gasteiger partial charge in [-0.15, -0.1) is 0 Å². The molecule has 0 unspecified atom stereocenters. The minimum Gasteiger partial charge on any atom is -0.343 e. The van der Waals surface area contributed by atoms with E-state index >= 15 is 0 Å². The van der Waals surface area contributed by atoms with Gasteiger partial charge in [0.05, 0.1) is 23.9 Å². The van der Waals surface area contributed by atoms with Gasteiger partial charge >= 0.3 is 0 Å². The maximum absolute atomic E-state index is 12.3. The minimum atomic E-state index is -0.173. The van der Waals surface area contributed by atoms with Crippen molar-refractivity contribution >= 4 is 16.9 Å². The Labute approximate surface area is 174 Å². The summed E-state index contributed by atoms with van der Waals surface area (Å²) in [6.45, 7) is 2.16. The molecule has 1 fully saturated rings. The fourth-order valence-electron chi connectivity index (χ4n) is 4.05. The van der Waals surface area contributed by atoms with Gasteiger partial charge in [0, 0.05) is 17.2 Å². The molecule has 152 valence electrons. The third kappa shape index (κ3) is 3.58. The van der Waals surface area contributed by atoms with Gasteiger partial charge < -0.3 is 14.4 Å². The normalized spacial score (nSPS) is 14.4. The number of hydrogen-bond acceptors (Lipinski definition) is 5. The van der Waals surface area contributed by atoms with Crippen molar-refractivity contribution in [2.24, 2.45) is 0 Å². The molecule has 1 N–H and O–H groups in total. The lowest BCUT2D eigenvalue weighted by molar-refractivity contribution is 0.0946. The highest BCUT2D eigenvalue weighted by atomic mass is 16.5. The first-order valence-corrected chi connectivity index (χ1v) is 10.3. The average molecular weight is 401 g/mol. The van der Waals surface area contributed by atoms with E-state index in [0.29, 0.717) is 23.3 Å². The summed E-state index contributed by atoms with van der Waals surface area (Å²) in [4.78, 5) is 21.3. The SMILES string of the molecule is Cc1ccc(C(=O)NCc2nc(-c3ccc4c(c3)ncn4C3CCCC3)no2)cc1. The molecule has 0 aliphatic heterocycles. The second-order valence-corrected chi connectivity index (χ2v) is 7.85. The van der Waals surface area contributed by atoms with Gasteiger partial charge in [-0.2, -0.15) is 4.98 Å². The van der Waals surface area contributed by atoms with Crippen LogP contribution in [0.2, 0.25) is 0 Å². The summed E-state index contributed by atoms with van der Waals surface area (Å²) in [7, 11) is 0. The van der Waals surface area contributed by atoms with E-state index in [1.54, 1.807) is 12.1 Å². The Bertz CT molecular complexity index is 1190. The molecule has 1 saturated carbocycles. The van der Waals surface area contributed by atoms with E-state index in [-0.39, 0.29) is 12.5 Å². The number of aromatic nitrogens is 4. The highest BCUT2D eigenvalue weighted by Gasteiger charge is 2.19. The van der Waals surface area contributed by atoms with Crippen LogP contribution in [-0.2, 0) is 6.54 Å². The predicted octanol–water partition coefficient (Wildman–Crippen LogP) is 4.44. The van der Waals surface area contributed by atoms with E-state index in [2.05, 4.69) is 31.1 Å². The van der Waals surface area contributed by atoms with E-state index in [9.17, 15) is 4.79 Å². The minimum absolute atomic E-state index is 0.173. The van der Waals surface area contributed by atoms with E-state index in [1.165, 1.54) is 25.7 Å². The van der Waals surface area contributed by atoms with Crippen LogP contribution in [0.1, 0.15) is 53.5 Å². The molecule has 5 rings (SSSR count). The Morgan fingerprint density at radius 2 is 1.97 bits per heavy atom. The number of hydrogen-bond donors (Lipinski definition) is 1. The lowest BCUT2D eigenvalue weighted by Crippen LogP contribution is -2.22. The number of amides is 1. The fraction of sp³-hybridized carbons (Fsp3) is 0.304. The quantitative estimate of drug-likeness (QED) is 0.534. The van der Waals surface area contributed by atoms with Crippen LogP contribution in [0, 0.1) is 6.92 Å². The predicted molar refractivity (Wildman–Crippen MR) is 113 cm³/mol. The molecule has 1 amide bonds. The van der Waals surface area contributed by atoms with Gasteiger partial charge in [0.25, 0.3) is 5.91 Å². The number of carbonyl (C=O) groups excluding carboxylic acids is 1. The van der Waals surface area contributed by atoms with E-state index < -0.39 is 0 Å². The van der Waals surface area contributed by atoms with Crippen LogP contribution in [0.25, 0.3) is 22.4 Å². The van der Waals surface area contributed by atoms with Gasteiger partial charge in [-0.25, -0.2) is 4.98 Å². The van der Waals surface area contributed by atoms with Crippen LogP contribution in [0.3, 0.4) is 0 Å². The summed E-state index contributed by atoms with van der Waals surface area (Å²) in [5, 5.41) is 6.88. The summed E-state index contributed by atoms with van der Waals surface area (Å²) >= 11 is 0. The molecule has 0 saturated heterocycles. The molecular formula is C23H23N5O2. The Morgan fingerprint density at radius 1 is 1.17 bits per heavy atom. The standard InChI is InChI=1S/C23H23N5O2/c1-15-6-8-16(9-7-15)23(29)24-13-21-26-22(27-30-21)17-10-11-20-19(12-17)25-14-28(20)18-4-2-3-5-18/h6-12,14,18H,2-5,13H2,1H3,(H,24,29). The Hall–Kier alpha value is -3.48. The first kappa shape index (κ1) is 18.5. The molecule has 2 aromatic heterocycles. The lowest BCUT2D eigenvalue weighted by Gasteiger charge is -2.11. The zero-order valence-corrected chi connectivity index (χ0v) is 16.8. The molecule has 2 heterocycles. The molecule has 0 atom stereocenters. The molecule has 2 aromatic carbocycles. The van der Waals surface area contributed by atoms with E-state index in [4.69, 9.17) is 4.52 Å². The zero-order valence-electron chi connectivity index (χ0n) is 16.8. The van der Waals surface area contributed by atoms with Crippen LogP contribution >= 0.6 is 0 Å². The third-order valence-corrected chi connectivity index (χ3v) is 5.73. The second-order valence-electron chi connectivity index (χ2n) is 7.85. The maximum atomic E-state index is 12.3. The first-order valence-electron chi connectivity index (χ1n) is 10.3. The molecule has 1 aliphatic carbocycles. The Kier molecular flexibility index (Phi) is 4.78. The Morgan fingerprint density at radius 3 is 2.77 bits per heavy atom. The topological polar surface area (TPSA) is 85.8 Å². The van der Waals surface area contributed by atoms with Crippen molar-refractivity contribution in [3.63, 3.8) is 0 Å². The monoisotopic (exact) mass is 401 g/mol. The number of nitrogens with zero attached hydrogens (tertiary/aromatic N) is 4. The fourth-order valence-corrected chi connectivity index (χ4v) is 4.05. The highest BCUT2D eigenvalue weighted by molar-refractivity contribution is 5.94. The number of imidazole rings is 1. The molecular weight excluding hydrogens is 378 g/mol. The van der Waals surface area contributed by atoms with Crippen molar-refractivity contribution < 1.29 is 9.32 Å². The molecule has 7 heteroatoms. The lowest BCUT2D eigenvalue weighted by atomic mass is 10.1. The summed E-state index contributed by atoms with van der Waals surface area (Å²) < 4.78 is 7.61. The molecule has 30 heavy (non-hydrogen) atoms. The number of rotatable bonds is 5. The van der Waals surface area contributed by atoms with Gasteiger partial charge in [0.1, 0.15) is 0 Å². The van der Waals surface area contributed by atoms with Gasteiger partial charge in [-0.05, 0) is 50.1 Å². The van der Waals surface area contributed by atoms with Crippen molar-refractivity contribution in [3.05, 3.63) is 65.8 Å². The molecule has 7 nitrogen and oxygen atoms in total. The zero-order chi connectivity index (χ0) is 20.5. The van der Waals surface area contributed by atoms with Gasteiger partial charge in [-0.3, -0.25) is 4.79 Å². The van der Waals surface area contributed by atoms with Crippen LogP contribution in [0.4, 0.5) is 0 Å². The smallest absolute Gasteiger partial charge is 0.251 e. The van der Waals surface area contributed by atoms with Crippen LogP contribution in [0.15, 0.2) is 53.3 Å². The maximum Gasteiger partial charge on any atom is 0.251 e. The summed E-state index contributed by atoms with van der Waals surface area (Å²) in [6, 6.07) is 14.0. The van der Waals surface area contributed by atoms with Crippen LogP contribution in [0.5, 0.6) is 0 Å². The van der Waals surface area contributed by atoms with Crippen molar-refractivity contribution in [3.8, 4) is 11.4 Å². The second kappa shape index (κ2) is 7.74. The van der Waals surface area contributed by atoms with Gasteiger partial charge in [0.2, 0.25) is 11.7 Å². The number of benzene rings is 2. The number of carbonyl (C=O) groups is 1. The molecule has 0 bridgehead atoms. The Balaban J connectivity index is 1.29. The van der Waals surface area contributed by atoms with Crippen molar-refractivity contribution in [1.29, 1.82) is 0 Å². The largest absolute Gasteiger partial charge is 0.343 e. The van der Waals surface area contributed by atoms with Gasteiger partial charge in [-0.1, -0.05) is 35.7 Å². The van der Waals surface area contributed by atoms with Crippen molar-refractivity contribution in [2.45, 2.75) is 45.2 Å². The van der Waals surface area contributed by atoms with Crippen LogP contribution < -0.4 is 5.32 Å². The van der Waals surface area contributed by atoms with Crippen molar-refractivity contribution in [1.82, 2.24) is 25.0 Å². The summed E-state index contributed by atoms with van der Waals surface area (Å²) in [5.74, 6) is 0.683. The number of fused-ring (bicyclic) bond motifs is 1. The average Bonchev–Trinajstić information content (AvgIpc) is 3.52. The highest BCUT2D eigenvalue weighted by Crippen LogP contribution is 2.32. The third-order valence-electron chi connectivity index (χ3n) is 5.73. The molecule has 4 aromatic rings. The van der Waals surface area contributed by atoms with E-state index in [0.717, 1.165) is 22.2 Å². The molecule has 0 spiro atoms. The van der Waals surface area contributed by atoms with Crippen LogP contribution in [-0.4, -0.2) is 25.6 Å². The molecule has 1 aliphatic rings. The van der Waals surface area contributed by atoms with Gasteiger partial charge in [0.15, 0.2) is 0 Å².